The van der Waals surface area contributed by atoms with Gasteiger partial charge in [-0.25, -0.2) is 4.98 Å². The van der Waals surface area contributed by atoms with E-state index in [1.54, 1.807) is 0 Å². The van der Waals surface area contributed by atoms with Crippen molar-refractivity contribution in [1.82, 2.24) is 9.55 Å². The molecule has 0 saturated heterocycles. The fraction of sp³-hybridized carbons (Fsp3) is 0.812. The van der Waals surface area contributed by atoms with Gasteiger partial charge in [-0.1, -0.05) is 26.7 Å². The van der Waals surface area contributed by atoms with Crippen molar-refractivity contribution in [1.29, 1.82) is 0 Å². The lowest BCUT2D eigenvalue weighted by Gasteiger charge is -2.35. The molecular weight excluding hydrogens is 234 g/mol. The first-order valence-corrected chi connectivity index (χ1v) is 7.97. The summed E-state index contributed by atoms with van der Waals surface area (Å²) in [4.78, 5) is 4.71. The Balaban J connectivity index is 1.75. The molecule has 2 aliphatic carbocycles. The molecule has 19 heavy (non-hydrogen) atoms. The van der Waals surface area contributed by atoms with E-state index in [-0.39, 0.29) is 0 Å². The van der Waals surface area contributed by atoms with Gasteiger partial charge in [-0.2, -0.15) is 0 Å². The highest BCUT2D eigenvalue weighted by molar-refractivity contribution is 5.32. The molecule has 3 nitrogen and oxygen atoms in total. The van der Waals surface area contributed by atoms with Gasteiger partial charge in [0.25, 0.3) is 0 Å². The predicted molar refractivity (Wildman–Crippen MR) is 79.4 cm³/mol. The van der Waals surface area contributed by atoms with Gasteiger partial charge in [-0.15, -0.1) is 0 Å². The first kappa shape index (κ1) is 13.0. The van der Waals surface area contributed by atoms with Crippen LogP contribution in [0.2, 0.25) is 0 Å². The Morgan fingerprint density at radius 1 is 1.21 bits per heavy atom. The van der Waals surface area contributed by atoms with Gasteiger partial charge in [-0.3, -0.25) is 0 Å². The molecule has 3 rings (SSSR count). The van der Waals surface area contributed by atoms with Crippen LogP contribution < -0.4 is 5.32 Å². The van der Waals surface area contributed by atoms with Gasteiger partial charge in [0.05, 0.1) is 5.69 Å². The van der Waals surface area contributed by atoms with E-state index in [9.17, 15) is 0 Å². The highest BCUT2D eigenvalue weighted by Gasteiger charge is 2.31. The topological polar surface area (TPSA) is 29.9 Å². The number of hydrogen-bond acceptors (Lipinski definition) is 2. The average molecular weight is 261 g/mol. The minimum Gasteiger partial charge on any atom is -0.353 e. The molecule has 2 atom stereocenters. The summed E-state index contributed by atoms with van der Waals surface area (Å²) in [5, 5.41) is 3.77. The van der Waals surface area contributed by atoms with E-state index in [2.05, 4.69) is 36.9 Å². The van der Waals surface area contributed by atoms with E-state index in [1.807, 2.05) is 0 Å². The lowest BCUT2D eigenvalue weighted by molar-refractivity contribution is 0.252. The van der Waals surface area contributed by atoms with Gasteiger partial charge in [0, 0.05) is 18.3 Å². The van der Waals surface area contributed by atoms with Crippen LogP contribution in [-0.2, 0) is 0 Å². The van der Waals surface area contributed by atoms with E-state index in [4.69, 9.17) is 4.98 Å². The van der Waals surface area contributed by atoms with Crippen molar-refractivity contribution < 1.29 is 0 Å². The molecule has 0 aromatic carbocycles. The number of imidazole rings is 1. The van der Waals surface area contributed by atoms with Gasteiger partial charge >= 0.3 is 0 Å². The molecule has 0 bridgehead atoms. The van der Waals surface area contributed by atoms with Crippen molar-refractivity contribution in [2.75, 3.05) is 5.32 Å². The lowest BCUT2D eigenvalue weighted by atomic mass is 9.78. The van der Waals surface area contributed by atoms with Crippen LogP contribution >= 0.6 is 0 Å². The first-order chi connectivity index (χ1) is 9.15. The summed E-state index contributed by atoms with van der Waals surface area (Å²) in [6, 6.07) is 1.33. The number of aromatic nitrogens is 2. The molecule has 1 heterocycles. The maximum absolute atomic E-state index is 4.71. The van der Waals surface area contributed by atoms with Gasteiger partial charge in [-0.05, 0) is 44.4 Å². The summed E-state index contributed by atoms with van der Waals surface area (Å²) >= 11 is 0. The van der Waals surface area contributed by atoms with Gasteiger partial charge in [0.1, 0.15) is 0 Å². The first-order valence-electron chi connectivity index (χ1n) is 7.97. The second-order valence-corrected chi connectivity index (χ2v) is 6.79. The van der Waals surface area contributed by atoms with Gasteiger partial charge in [0.2, 0.25) is 5.95 Å². The molecule has 0 aliphatic heterocycles. The monoisotopic (exact) mass is 261 g/mol. The quantitative estimate of drug-likeness (QED) is 0.882. The smallest absolute Gasteiger partial charge is 0.203 e. The molecule has 3 heteroatoms. The number of anilines is 1. The normalized spacial score (nSPS) is 27.8. The second kappa shape index (κ2) is 5.18. The van der Waals surface area contributed by atoms with E-state index >= 15 is 0 Å². The summed E-state index contributed by atoms with van der Waals surface area (Å²) in [5.74, 6) is 2.69. The number of aryl methyl sites for hydroxylation is 1. The zero-order valence-corrected chi connectivity index (χ0v) is 12.5. The summed E-state index contributed by atoms with van der Waals surface area (Å²) < 4.78 is 2.38. The Morgan fingerprint density at radius 3 is 2.63 bits per heavy atom. The van der Waals surface area contributed by atoms with Crippen molar-refractivity contribution in [2.45, 2.75) is 71.4 Å². The third-order valence-electron chi connectivity index (χ3n) is 4.78. The van der Waals surface area contributed by atoms with Gasteiger partial charge in [0.15, 0.2) is 0 Å². The molecule has 2 aliphatic rings. The molecule has 2 saturated carbocycles. The number of rotatable bonds is 4. The Labute approximate surface area is 116 Å². The minimum absolute atomic E-state index is 0.619. The lowest BCUT2D eigenvalue weighted by Crippen LogP contribution is -2.36. The molecule has 106 valence electrons. The Hall–Kier alpha value is -0.990. The largest absolute Gasteiger partial charge is 0.353 e. The molecule has 0 spiro atoms. The number of hydrogen-bond donors (Lipinski definition) is 1. The molecule has 1 aromatic rings. The Morgan fingerprint density at radius 2 is 1.95 bits per heavy atom. The van der Waals surface area contributed by atoms with Crippen molar-refractivity contribution in [3.05, 3.63) is 11.9 Å². The van der Waals surface area contributed by atoms with Crippen molar-refractivity contribution >= 4 is 5.95 Å². The average Bonchev–Trinajstić information content (AvgIpc) is 3.15. The molecule has 0 amide bonds. The van der Waals surface area contributed by atoms with E-state index in [1.165, 1.54) is 38.5 Å². The van der Waals surface area contributed by atoms with E-state index in [0.29, 0.717) is 12.1 Å². The minimum atomic E-state index is 0.619. The fourth-order valence-corrected chi connectivity index (χ4v) is 3.56. The maximum atomic E-state index is 4.71. The van der Waals surface area contributed by atoms with Crippen LogP contribution in [0.5, 0.6) is 0 Å². The van der Waals surface area contributed by atoms with Crippen LogP contribution in [0.1, 0.15) is 64.1 Å². The standard InChI is InChI=1S/C16H27N3/c1-11(2)14-6-4-5-7-15(14)18-16-17-12(3)10-19(16)13-8-9-13/h10-11,13-15H,4-9H2,1-3H3,(H,17,18). The van der Waals surface area contributed by atoms with Crippen molar-refractivity contribution in [3.63, 3.8) is 0 Å². The van der Waals surface area contributed by atoms with Crippen LogP contribution in [-0.4, -0.2) is 15.6 Å². The summed E-state index contributed by atoms with van der Waals surface area (Å²) in [7, 11) is 0. The SMILES string of the molecule is Cc1cn(C2CC2)c(NC2CCCCC2C(C)C)n1. The molecule has 1 aromatic heterocycles. The zero-order chi connectivity index (χ0) is 13.4. The van der Waals surface area contributed by atoms with Crippen LogP contribution in [0.25, 0.3) is 0 Å². The third kappa shape index (κ3) is 2.80. The maximum Gasteiger partial charge on any atom is 0.203 e. The molecular formula is C16H27N3. The van der Waals surface area contributed by atoms with Crippen LogP contribution in [0, 0.1) is 18.8 Å². The summed E-state index contributed by atoms with van der Waals surface area (Å²) in [5.41, 5.74) is 1.14. The molecule has 2 fully saturated rings. The van der Waals surface area contributed by atoms with Crippen molar-refractivity contribution in [3.8, 4) is 0 Å². The fourth-order valence-electron chi connectivity index (χ4n) is 3.56. The zero-order valence-electron chi connectivity index (χ0n) is 12.5. The Bertz CT molecular complexity index is 431. The molecule has 1 N–H and O–H groups in total. The van der Waals surface area contributed by atoms with Gasteiger partial charge < -0.3 is 9.88 Å². The highest BCUT2D eigenvalue weighted by Crippen LogP contribution is 2.38. The van der Waals surface area contributed by atoms with Crippen LogP contribution in [0.3, 0.4) is 0 Å². The molecule has 2 unspecified atom stereocenters. The Kier molecular flexibility index (Phi) is 3.55. The summed E-state index contributed by atoms with van der Waals surface area (Å²) in [6.07, 6.45) is 10.3. The van der Waals surface area contributed by atoms with Crippen LogP contribution in [0.4, 0.5) is 5.95 Å². The van der Waals surface area contributed by atoms with Crippen molar-refractivity contribution in [2.24, 2.45) is 11.8 Å². The summed E-state index contributed by atoms with van der Waals surface area (Å²) in [6.45, 7) is 6.83. The van der Waals surface area contributed by atoms with E-state index in [0.717, 1.165) is 23.5 Å². The number of nitrogens with one attached hydrogen (secondary N) is 1. The third-order valence-corrected chi connectivity index (χ3v) is 4.78. The van der Waals surface area contributed by atoms with E-state index < -0.39 is 0 Å². The van der Waals surface area contributed by atoms with Crippen LogP contribution in [0.15, 0.2) is 6.20 Å². The highest BCUT2D eigenvalue weighted by atomic mass is 15.2. The second-order valence-electron chi connectivity index (χ2n) is 6.79. The predicted octanol–water partition coefficient (Wildman–Crippen LogP) is 4.15. The molecule has 0 radical (unpaired) electrons. The number of nitrogens with zero attached hydrogens (tertiary/aromatic N) is 2.